The van der Waals surface area contributed by atoms with Gasteiger partial charge < -0.3 is 18.9 Å². The van der Waals surface area contributed by atoms with Crippen molar-refractivity contribution in [1.82, 2.24) is 0 Å². The molecule has 0 spiro atoms. The molecule has 8 bridgehead atoms. The number of benzene rings is 2. The predicted molar refractivity (Wildman–Crippen MR) is 154 cm³/mol. The first-order valence-corrected chi connectivity index (χ1v) is 16.7. The van der Waals surface area contributed by atoms with Crippen LogP contribution in [0.25, 0.3) is 10.8 Å². The van der Waals surface area contributed by atoms with E-state index < -0.39 is 0 Å². The molecule has 212 valence electrons. The van der Waals surface area contributed by atoms with E-state index in [4.69, 9.17) is 18.9 Å². The predicted octanol–water partition coefficient (Wildman–Crippen LogP) is 7.33. The summed E-state index contributed by atoms with van der Waals surface area (Å²) in [6, 6.07) is 9.94. The monoisotopic (exact) mass is 540 g/mol. The molecule has 2 saturated heterocycles. The standard InChI is InChI=1S/C36H44O4/c1-2-32(39-19-28-17-37-28)34-30(31(1)36-14-24-6-25(15-36)8-26(7-24)16-36)9-27(10-33(34)40-20-29-18-38-29)35-11-21-3-22(12-35)5-23(4-21)13-35/h1-2,9-10,21-26,28-29H,3-8,11-20H2. The molecule has 2 aliphatic heterocycles. The van der Waals surface area contributed by atoms with Gasteiger partial charge in [-0.1, -0.05) is 6.07 Å². The van der Waals surface area contributed by atoms with Gasteiger partial charge >= 0.3 is 0 Å². The van der Waals surface area contributed by atoms with Crippen molar-refractivity contribution in [1.29, 1.82) is 0 Å². The Hall–Kier alpha value is -1.78. The zero-order valence-electron chi connectivity index (χ0n) is 23.9. The van der Waals surface area contributed by atoms with Crippen molar-refractivity contribution in [2.75, 3.05) is 26.4 Å². The molecule has 2 heterocycles. The van der Waals surface area contributed by atoms with Crippen LogP contribution in [-0.4, -0.2) is 38.6 Å². The molecular weight excluding hydrogens is 496 g/mol. The summed E-state index contributed by atoms with van der Waals surface area (Å²) in [6.07, 6.45) is 17.7. The second kappa shape index (κ2) is 8.40. The molecule has 2 unspecified atom stereocenters. The summed E-state index contributed by atoms with van der Waals surface area (Å²) in [4.78, 5) is 0. The highest BCUT2D eigenvalue weighted by atomic mass is 16.6. The van der Waals surface area contributed by atoms with Crippen molar-refractivity contribution in [3.63, 3.8) is 0 Å². The Morgan fingerprint density at radius 1 is 0.600 bits per heavy atom. The smallest absolute Gasteiger partial charge is 0.131 e. The summed E-state index contributed by atoms with van der Waals surface area (Å²) in [6.45, 7) is 2.93. The quantitative estimate of drug-likeness (QED) is 0.329. The normalized spacial score (nSPS) is 45.3. The maximum absolute atomic E-state index is 6.75. The Bertz CT molecular complexity index is 1280. The lowest BCUT2D eigenvalue weighted by Crippen LogP contribution is -2.49. The zero-order chi connectivity index (χ0) is 26.1. The van der Waals surface area contributed by atoms with Gasteiger partial charge in [-0.3, -0.25) is 0 Å². The van der Waals surface area contributed by atoms with E-state index in [1.807, 2.05) is 0 Å². The first-order valence-electron chi connectivity index (χ1n) is 16.7. The lowest BCUT2D eigenvalue weighted by Gasteiger charge is -2.58. The lowest BCUT2D eigenvalue weighted by molar-refractivity contribution is -0.00574. The summed E-state index contributed by atoms with van der Waals surface area (Å²) < 4.78 is 24.4. The average molecular weight is 541 g/mol. The Morgan fingerprint density at radius 2 is 1.07 bits per heavy atom. The van der Waals surface area contributed by atoms with E-state index in [0.717, 1.165) is 60.2 Å². The van der Waals surface area contributed by atoms with Crippen LogP contribution < -0.4 is 9.47 Å². The van der Waals surface area contributed by atoms with E-state index in [0.29, 0.717) is 24.0 Å². The maximum Gasteiger partial charge on any atom is 0.131 e. The first-order chi connectivity index (χ1) is 19.6. The van der Waals surface area contributed by atoms with Crippen LogP contribution in [0.1, 0.15) is 88.2 Å². The number of hydrogen-bond acceptors (Lipinski definition) is 4. The summed E-state index contributed by atoms with van der Waals surface area (Å²) in [5, 5.41) is 2.68. The fourth-order valence-corrected chi connectivity index (χ4v) is 12.0. The molecule has 0 N–H and O–H groups in total. The number of rotatable bonds is 8. The van der Waals surface area contributed by atoms with Gasteiger partial charge in [0.2, 0.25) is 0 Å². The zero-order valence-corrected chi connectivity index (χ0v) is 23.9. The number of ether oxygens (including phenoxy) is 4. The molecule has 2 atom stereocenters. The van der Waals surface area contributed by atoms with Gasteiger partial charge in [0.25, 0.3) is 0 Å². The van der Waals surface area contributed by atoms with E-state index in [9.17, 15) is 0 Å². The van der Waals surface area contributed by atoms with Crippen molar-refractivity contribution < 1.29 is 18.9 Å². The summed E-state index contributed by atoms with van der Waals surface area (Å²) in [7, 11) is 0. The molecule has 4 nitrogen and oxygen atoms in total. The molecule has 8 saturated carbocycles. The van der Waals surface area contributed by atoms with Crippen LogP contribution in [-0.2, 0) is 20.3 Å². The van der Waals surface area contributed by atoms with E-state index in [-0.39, 0.29) is 12.2 Å². The highest BCUT2D eigenvalue weighted by Gasteiger charge is 2.54. The third-order valence-electron chi connectivity index (χ3n) is 13.0. The number of fused-ring (bicyclic) bond motifs is 1. The van der Waals surface area contributed by atoms with Crippen LogP contribution in [0.15, 0.2) is 24.3 Å². The summed E-state index contributed by atoms with van der Waals surface area (Å²) in [5.41, 5.74) is 3.88. The Labute approximate surface area is 238 Å². The summed E-state index contributed by atoms with van der Waals surface area (Å²) >= 11 is 0. The lowest BCUT2D eigenvalue weighted by atomic mass is 9.47. The highest BCUT2D eigenvalue weighted by Crippen LogP contribution is 2.64. The van der Waals surface area contributed by atoms with Crippen LogP contribution in [0.3, 0.4) is 0 Å². The van der Waals surface area contributed by atoms with Gasteiger partial charge in [-0.15, -0.1) is 0 Å². The SMILES string of the molecule is c1cc(OCC2CO2)c2c(OCC3CO3)cc(C34CC5CC(CC(C5)C3)C4)cc2c1C12CC3CC(CC(C3)C1)C2. The fraction of sp³-hybridized carbons (Fsp3) is 0.722. The van der Waals surface area contributed by atoms with Crippen LogP contribution in [0.5, 0.6) is 11.5 Å². The van der Waals surface area contributed by atoms with Crippen LogP contribution >= 0.6 is 0 Å². The van der Waals surface area contributed by atoms with Crippen LogP contribution in [0, 0.1) is 35.5 Å². The maximum atomic E-state index is 6.75. The topological polar surface area (TPSA) is 43.5 Å². The molecule has 8 aliphatic carbocycles. The molecule has 40 heavy (non-hydrogen) atoms. The van der Waals surface area contributed by atoms with Gasteiger partial charge in [-0.2, -0.15) is 0 Å². The second-order valence-electron chi connectivity index (χ2n) is 15.9. The third-order valence-corrected chi connectivity index (χ3v) is 13.0. The Morgan fingerprint density at radius 3 is 1.57 bits per heavy atom. The molecule has 2 aromatic rings. The molecule has 2 aromatic carbocycles. The molecular formula is C36H44O4. The number of epoxide rings is 2. The van der Waals surface area contributed by atoms with Gasteiger partial charge in [0.1, 0.15) is 36.9 Å². The molecule has 4 heteroatoms. The number of hydrogen-bond donors (Lipinski definition) is 0. The van der Waals surface area contributed by atoms with E-state index >= 15 is 0 Å². The average Bonchev–Trinajstić information content (AvgIpc) is 3.84. The second-order valence-corrected chi connectivity index (χ2v) is 15.9. The minimum atomic E-state index is 0.244. The third kappa shape index (κ3) is 3.77. The van der Waals surface area contributed by atoms with Gasteiger partial charge in [0, 0.05) is 0 Å². The van der Waals surface area contributed by atoms with Gasteiger partial charge in [-0.05, 0) is 158 Å². The van der Waals surface area contributed by atoms with Crippen molar-refractivity contribution in [2.45, 2.75) is 100 Å². The van der Waals surface area contributed by atoms with Crippen molar-refractivity contribution in [3.05, 3.63) is 35.4 Å². The Kier molecular flexibility index (Phi) is 4.99. The molecule has 0 aromatic heterocycles. The van der Waals surface area contributed by atoms with Gasteiger partial charge in [0.15, 0.2) is 0 Å². The van der Waals surface area contributed by atoms with E-state index in [1.165, 1.54) is 87.8 Å². The van der Waals surface area contributed by atoms with Crippen molar-refractivity contribution >= 4 is 10.8 Å². The fourth-order valence-electron chi connectivity index (χ4n) is 12.0. The first kappa shape index (κ1) is 23.7. The van der Waals surface area contributed by atoms with E-state index in [1.54, 1.807) is 11.1 Å². The van der Waals surface area contributed by atoms with Crippen LogP contribution in [0.2, 0.25) is 0 Å². The molecule has 10 aliphatic rings. The minimum absolute atomic E-state index is 0.244. The molecule has 0 amide bonds. The van der Waals surface area contributed by atoms with E-state index in [2.05, 4.69) is 24.3 Å². The van der Waals surface area contributed by atoms with Crippen molar-refractivity contribution in [3.8, 4) is 11.5 Å². The van der Waals surface area contributed by atoms with Gasteiger partial charge in [-0.25, -0.2) is 0 Å². The molecule has 0 radical (unpaired) electrons. The van der Waals surface area contributed by atoms with Gasteiger partial charge in [0.05, 0.1) is 18.6 Å². The molecule has 12 rings (SSSR count). The molecule has 10 fully saturated rings. The Balaban J connectivity index is 1.16. The largest absolute Gasteiger partial charge is 0.490 e. The van der Waals surface area contributed by atoms with Crippen molar-refractivity contribution in [2.24, 2.45) is 35.5 Å². The highest BCUT2D eigenvalue weighted by molar-refractivity contribution is 5.97. The van der Waals surface area contributed by atoms with Crippen LogP contribution in [0.4, 0.5) is 0 Å². The summed E-state index contributed by atoms with van der Waals surface area (Å²) in [5.74, 6) is 7.63. The minimum Gasteiger partial charge on any atom is -0.490 e.